The molecule has 0 aliphatic carbocycles. The zero-order valence-electron chi connectivity index (χ0n) is 17.5. The van der Waals surface area contributed by atoms with Crippen LogP contribution >= 0.6 is 11.6 Å². The van der Waals surface area contributed by atoms with Crippen molar-refractivity contribution in [2.75, 3.05) is 24.7 Å². The Morgan fingerprint density at radius 1 is 1.17 bits per heavy atom. The number of amides is 1. The van der Waals surface area contributed by atoms with Gasteiger partial charge < -0.3 is 24.3 Å². The van der Waals surface area contributed by atoms with E-state index in [4.69, 9.17) is 21.1 Å². The lowest BCUT2D eigenvalue weighted by Crippen LogP contribution is -2.44. The highest BCUT2D eigenvalue weighted by Crippen LogP contribution is 2.20. The van der Waals surface area contributed by atoms with Gasteiger partial charge in [0, 0.05) is 17.1 Å². The van der Waals surface area contributed by atoms with E-state index in [1.54, 1.807) is 24.3 Å². The first kappa shape index (κ1) is 24.0. The van der Waals surface area contributed by atoms with Crippen molar-refractivity contribution < 1.29 is 24.2 Å². The van der Waals surface area contributed by atoms with Crippen LogP contribution in [0.4, 0.5) is 10.5 Å². The van der Waals surface area contributed by atoms with Crippen LogP contribution in [0.25, 0.3) is 0 Å². The third-order valence-electron chi connectivity index (χ3n) is 4.89. The number of carbonyl (C=O) groups excluding carboxylic acids is 2. The zero-order chi connectivity index (χ0) is 21.8. The van der Waals surface area contributed by atoms with E-state index in [-0.39, 0.29) is 18.6 Å². The molecule has 0 saturated heterocycles. The van der Waals surface area contributed by atoms with Gasteiger partial charge in [0.2, 0.25) is 5.90 Å². The second kappa shape index (κ2) is 13.1. The Morgan fingerprint density at radius 3 is 2.50 bits per heavy atom. The Labute approximate surface area is 183 Å². The average Bonchev–Trinajstić information content (AvgIpc) is 3.16. The quantitative estimate of drug-likeness (QED) is 0.344. The Morgan fingerprint density at radius 2 is 1.83 bits per heavy atom. The van der Waals surface area contributed by atoms with Gasteiger partial charge >= 0.3 is 5.97 Å². The first-order valence-corrected chi connectivity index (χ1v) is 11.0. The number of unbranched alkanes of at least 4 members (excludes halogenated alkanes) is 5. The Balaban J connectivity index is 1.64. The molecule has 8 heteroatoms. The van der Waals surface area contributed by atoms with Crippen LogP contribution in [0, 0.1) is 0 Å². The normalized spacial score (nSPS) is 15.4. The van der Waals surface area contributed by atoms with Crippen molar-refractivity contribution in [3.63, 3.8) is 0 Å². The molecule has 0 bridgehead atoms. The summed E-state index contributed by atoms with van der Waals surface area (Å²) >= 11 is 5.86. The molecule has 1 aliphatic heterocycles. The second-order valence-corrected chi connectivity index (χ2v) is 7.72. The van der Waals surface area contributed by atoms with E-state index < -0.39 is 6.09 Å². The molecule has 1 unspecified atom stereocenters. The summed E-state index contributed by atoms with van der Waals surface area (Å²) in [5.41, 5.74) is 0.470. The fraction of sp³-hybridized carbons (Fsp3) is 0.591. The lowest BCUT2D eigenvalue weighted by Gasteiger charge is -2.24. The zero-order valence-corrected chi connectivity index (χ0v) is 18.2. The van der Waals surface area contributed by atoms with Crippen molar-refractivity contribution in [1.82, 2.24) is 0 Å². The molecule has 1 amide bonds. The molecule has 0 radical (unpaired) electrons. The fourth-order valence-corrected chi connectivity index (χ4v) is 3.44. The number of ether oxygens (including phenoxy) is 2. The van der Waals surface area contributed by atoms with Crippen molar-refractivity contribution >= 4 is 35.2 Å². The second-order valence-electron chi connectivity index (χ2n) is 7.28. The van der Waals surface area contributed by atoms with E-state index >= 15 is 0 Å². The maximum Gasteiger partial charge on any atom is 0.305 e. The molecule has 0 fully saturated rings. The number of aliphatic imine (C=N–C) groups is 1. The van der Waals surface area contributed by atoms with Crippen LogP contribution < -0.4 is 10.0 Å². The maximum absolute atomic E-state index is 11.5. The van der Waals surface area contributed by atoms with E-state index in [0.717, 1.165) is 49.8 Å². The minimum atomic E-state index is -1.31. The van der Waals surface area contributed by atoms with E-state index in [1.807, 2.05) is 6.92 Å². The largest absolute Gasteiger partial charge is 0.530 e. The summed E-state index contributed by atoms with van der Waals surface area (Å²) in [4.78, 5) is 28.4. The van der Waals surface area contributed by atoms with Gasteiger partial charge in [0.05, 0.1) is 12.6 Å². The maximum atomic E-state index is 11.5. The summed E-state index contributed by atoms with van der Waals surface area (Å²) in [6, 6.07) is 6.57. The summed E-state index contributed by atoms with van der Waals surface area (Å²) in [5, 5.41) is 12.0. The van der Waals surface area contributed by atoms with Gasteiger partial charge in [-0.05, 0) is 44.0 Å². The van der Waals surface area contributed by atoms with Gasteiger partial charge in [-0.15, -0.1) is 0 Å². The number of hydrogen-bond donors (Lipinski definition) is 0. The number of hydrogen-bond acceptors (Lipinski definition) is 6. The number of benzene rings is 1. The van der Waals surface area contributed by atoms with E-state index in [0.29, 0.717) is 36.2 Å². The molecule has 1 atom stereocenters. The number of carbonyl (C=O) groups is 2. The number of halogens is 1. The average molecular weight is 438 g/mol. The molecule has 30 heavy (non-hydrogen) atoms. The molecule has 1 aromatic rings. The molecule has 166 valence electrons. The highest BCUT2D eigenvalue weighted by Gasteiger charge is 2.21. The molecule has 2 rings (SSSR count). The molecule has 7 nitrogen and oxygen atoms in total. The van der Waals surface area contributed by atoms with Gasteiger partial charge in [-0.3, -0.25) is 4.79 Å². The highest BCUT2D eigenvalue weighted by molar-refractivity contribution is 6.30. The molecule has 0 spiro atoms. The molecule has 1 aliphatic rings. The predicted molar refractivity (Wildman–Crippen MR) is 115 cm³/mol. The molecule has 1 heterocycles. The van der Waals surface area contributed by atoms with E-state index in [1.165, 1.54) is 0 Å². The van der Waals surface area contributed by atoms with Crippen LogP contribution in [-0.2, 0) is 14.3 Å². The van der Waals surface area contributed by atoms with Crippen LogP contribution in [0.2, 0.25) is 5.02 Å². The Hall–Kier alpha value is -2.28. The van der Waals surface area contributed by atoms with Crippen LogP contribution in [0.15, 0.2) is 29.3 Å². The number of esters is 1. The molecule has 0 saturated carbocycles. The van der Waals surface area contributed by atoms with Crippen LogP contribution in [-0.4, -0.2) is 43.8 Å². The minimum absolute atomic E-state index is 0.0287. The summed E-state index contributed by atoms with van der Waals surface area (Å²) < 4.78 is 10.5. The fourth-order valence-electron chi connectivity index (χ4n) is 3.31. The first-order valence-electron chi connectivity index (χ1n) is 10.6. The van der Waals surface area contributed by atoms with Gasteiger partial charge in [-0.1, -0.05) is 43.7 Å². The molecular formula is C22H30ClN2O5-. The lowest BCUT2D eigenvalue weighted by atomic mass is 10.1. The number of nitrogens with zero attached hydrogens (tertiary/aromatic N) is 2. The third kappa shape index (κ3) is 8.61. The topological polar surface area (TPSA) is 91.3 Å². The summed E-state index contributed by atoms with van der Waals surface area (Å²) in [5.74, 6) is 0.304. The van der Waals surface area contributed by atoms with Crippen molar-refractivity contribution in [2.24, 2.45) is 4.99 Å². The molecule has 1 aromatic carbocycles. The molecule has 0 N–H and O–H groups in total. The van der Waals surface area contributed by atoms with Gasteiger partial charge in [0.15, 0.2) is 0 Å². The molecular weight excluding hydrogens is 408 g/mol. The molecule has 0 aromatic heterocycles. The van der Waals surface area contributed by atoms with Crippen LogP contribution in [0.3, 0.4) is 0 Å². The van der Waals surface area contributed by atoms with Crippen molar-refractivity contribution in [3.8, 4) is 0 Å². The smallest absolute Gasteiger partial charge is 0.305 e. The van der Waals surface area contributed by atoms with Gasteiger partial charge in [0.25, 0.3) is 0 Å². The van der Waals surface area contributed by atoms with Crippen molar-refractivity contribution in [3.05, 3.63) is 29.3 Å². The number of rotatable bonds is 13. The SMILES string of the molecule is CCOC(=O)CCCCCCCCC1COC(CN(C(=O)[O-])c2ccc(Cl)cc2)=N1. The van der Waals surface area contributed by atoms with Crippen molar-refractivity contribution in [2.45, 2.75) is 64.3 Å². The van der Waals surface area contributed by atoms with E-state index in [2.05, 4.69) is 4.99 Å². The van der Waals surface area contributed by atoms with Crippen LogP contribution in [0.5, 0.6) is 0 Å². The Kier molecular flexibility index (Phi) is 10.5. The predicted octanol–water partition coefficient (Wildman–Crippen LogP) is 3.97. The lowest BCUT2D eigenvalue weighted by molar-refractivity contribution is -0.246. The van der Waals surface area contributed by atoms with Gasteiger partial charge in [-0.25, -0.2) is 4.99 Å². The first-order chi connectivity index (χ1) is 14.5. The van der Waals surface area contributed by atoms with E-state index in [9.17, 15) is 14.7 Å². The van der Waals surface area contributed by atoms with Crippen molar-refractivity contribution in [1.29, 1.82) is 0 Å². The minimum Gasteiger partial charge on any atom is -0.530 e. The summed E-state index contributed by atoms with van der Waals surface area (Å²) in [7, 11) is 0. The number of anilines is 1. The summed E-state index contributed by atoms with van der Waals surface area (Å²) in [6.07, 6.45) is 6.42. The number of carboxylic acid groups (broad SMARTS) is 1. The highest BCUT2D eigenvalue weighted by atomic mass is 35.5. The van der Waals surface area contributed by atoms with Gasteiger partial charge in [0.1, 0.15) is 19.2 Å². The monoisotopic (exact) mass is 437 g/mol. The third-order valence-corrected chi connectivity index (χ3v) is 5.15. The van der Waals surface area contributed by atoms with Crippen LogP contribution in [0.1, 0.15) is 58.3 Å². The standard InChI is InChI=1S/C22H31ClN2O5/c1-2-29-21(26)10-8-6-4-3-5-7-9-18-16-30-20(24-18)15-25(22(27)28)19-13-11-17(23)12-14-19/h11-14,18H,2-10,15-16H2,1H3,(H,27,28)/p-1. The van der Waals surface area contributed by atoms with Gasteiger partial charge in [-0.2, -0.15) is 0 Å². The Bertz CT molecular complexity index is 708. The summed E-state index contributed by atoms with van der Waals surface area (Å²) in [6.45, 7) is 2.77.